The molecule has 2 heterocycles. The standard InChI is InChI=1S/C8H10Br2O4Se/c9-5-3-13-15(7(5)1-11)8(2-12)6(10)4-14-15/h11-12H,1-4H2. The third kappa shape index (κ3) is 1.79. The average Bonchev–Trinajstić information content (AvgIpc) is 2.70. The van der Waals surface area contributed by atoms with E-state index in [1.54, 1.807) is 0 Å². The molecule has 7 heteroatoms. The van der Waals surface area contributed by atoms with E-state index >= 15 is 0 Å². The van der Waals surface area contributed by atoms with Crippen LogP contribution in [-0.2, 0) is 7.64 Å². The molecule has 0 radical (unpaired) electrons. The van der Waals surface area contributed by atoms with Gasteiger partial charge in [-0.3, -0.25) is 0 Å². The quantitative estimate of drug-likeness (QED) is 0.665. The molecule has 2 aliphatic heterocycles. The Labute approximate surface area is 107 Å². The van der Waals surface area contributed by atoms with Gasteiger partial charge in [-0.15, -0.1) is 0 Å². The third-order valence-corrected chi connectivity index (χ3v) is 11.0. The van der Waals surface area contributed by atoms with Crippen LogP contribution in [-0.4, -0.2) is 50.1 Å². The second-order valence-electron chi connectivity index (χ2n) is 3.00. The second-order valence-corrected chi connectivity index (χ2v) is 10.1. The average molecular weight is 409 g/mol. The molecule has 0 saturated carbocycles. The first-order valence-electron chi connectivity index (χ1n) is 4.24. The Morgan fingerprint density at radius 2 is 1.40 bits per heavy atom. The molecule has 4 nitrogen and oxygen atoms in total. The summed E-state index contributed by atoms with van der Waals surface area (Å²) in [6.45, 7) is 0.647. The molecule has 0 amide bonds. The van der Waals surface area contributed by atoms with Gasteiger partial charge in [0.25, 0.3) is 0 Å². The van der Waals surface area contributed by atoms with Crippen LogP contribution < -0.4 is 0 Å². The summed E-state index contributed by atoms with van der Waals surface area (Å²) in [5.41, 5.74) is 0. The van der Waals surface area contributed by atoms with Crippen molar-refractivity contribution in [2.45, 2.75) is 0 Å². The van der Waals surface area contributed by atoms with Gasteiger partial charge in [0.1, 0.15) is 0 Å². The van der Waals surface area contributed by atoms with Gasteiger partial charge in [0, 0.05) is 0 Å². The summed E-state index contributed by atoms with van der Waals surface area (Å²) >= 11 is 3.83. The number of rotatable bonds is 2. The van der Waals surface area contributed by atoms with Crippen LogP contribution in [0.5, 0.6) is 0 Å². The summed E-state index contributed by atoms with van der Waals surface area (Å²) in [4.78, 5) is 0. The molecule has 0 bridgehead atoms. The first kappa shape index (κ1) is 12.3. The minimum atomic E-state index is -2.89. The van der Waals surface area contributed by atoms with E-state index in [0.29, 0.717) is 13.2 Å². The molecule has 0 unspecified atom stereocenters. The molecule has 2 aliphatic rings. The van der Waals surface area contributed by atoms with Crippen LogP contribution in [0, 0.1) is 0 Å². The zero-order chi connectivity index (χ0) is 11.1. The van der Waals surface area contributed by atoms with E-state index < -0.39 is 13.5 Å². The molecule has 86 valence electrons. The topological polar surface area (TPSA) is 58.9 Å². The number of hydrogen-bond donors (Lipinski definition) is 2. The summed E-state index contributed by atoms with van der Waals surface area (Å²) in [7, 11) is 0. The van der Waals surface area contributed by atoms with E-state index in [9.17, 15) is 10.2 Å². The number of aliphatic hydroxyl groups is 2. The molecule has 15 heavy (non-hydrogen) atoms. The first-order chi connectivity index (χ1) is 7.15. The monoisotopic (exact) mass is 408 g/mol. The van der Waals surface area contributed by atoms with Gasteiger partial charge in [0.05, 0.1) is 0 Å². The maximum absolute atomic E-state index is 9.33. The van der Waals surface area contributed by atoms with Crippen molar-refractivity contribution in [3.63, 3.8) is 0 Å². The normalized spacial score (nSPS) is 26.9. The molecular weight excluding hydrogens is 399 g/mol. The molecular formula is C8H10Br2O4Se. The Kier molecular flexibility index (Phi) is 3.75. The molecule has 2 N–H and O–H groups in total. The van der Waals surface area contributed by atoms with Gasteiger partial charge in [-0.25, -0.2) is 0 Å². The SMILES string of the molecule is OCC1=C(Br)CO[Se]12OCC(Br)=C2CO. The van der Waals surface area contributed by atoms with E-state index in [1.807, 2.05) is 0 Å². The van der Waals surface area contributed by atoms with Crippen LogP contribution in [0.3, 0.4) is 0 Å². The van der Waals surface area contributed by atoms with Crippen molar-refractivity contribution < 1.29 is 17.9 Å². The summed E-state index contributed by atoms with van der Waals surface area (Å²) in [6.07, 6.45) is 0. The molecule has 0 atom stereocenters. The molecule has 0 aliphatic carbocycles. The molecule has 0 saturated heterocycles. The summed E-state index contributed by atoms with van der Waals surface area (Å²) < 4.78 is 14.6. The van der Waals surface area contributed by atoms with Gasteiger partial charge in [-0.2, -0.15) is 0 Å². The van der Waals surface area contributed by atoms with Gasteiger partial charge in [-0.1, -0.05) is 0 Å². The summed E-state index contributed by atoms with van der Waals surface area (Å²) in [6, 6.07) is 0. The molecule has 2 rings (SSSR count). The van der Waals surface area contributed by atoms with E-state index in [4.69, 9.17) is 7.64 Å². The van der Waals surface area contributed by atoms with E-state index in [0.717, 1.165) is 17.9 Å². The van der Waals surface area contributed by atoms with Crippen LogP contribution in [0.25, 0.3) is 0 Å². The molecule has 0 aromatic heterocycles. The number of hydrogen-bond acceptors (Lipinski definition) is 4. The zero-order valence-electron chi connectivity index (χ0n) is 7.70. The number of halogens is 2. The van der Waals surface area contributed by atoms with Gasteiger partial charge in [-0.05, 0) is 0 Å². The van der Waals surface area contributed by atoms with Crippen LogP contribution in [0.2, 0.25) is 0 Å². The Morgan fingerprint density at radius 3 is 1.73 bits per heavy atom. The Balaban J connectivity index is 2.45. The molecule has 0 aromatic rings. The van der Waals surface area contributed by atoms with Crippen molar-refractivity contribution in [1.82, 2.24) is 0 Å². The zero-order valence-corrected chi connectivity index (χ0v) is 12.6. The van der Waals surface area contributed by atoms with Crippen molar-refractivity contribution in [1.29, 1.82) is 0 Å². The van der Waals surface area contributed by atoms with E-state index in [-0.39, 0.29) is 13.2 Å². The maximum atomic E-state index is 9.33. The summed E-state index contributed by atoms with van der Waals surface area (Å²) in [5, 5.41) is 18.7. The molecule has 0 fully saturated rings. The fourth-order valence-electron chi connectivity index (χ4n) is 1.53. The fourth-order valence-corrected chi connectivity index (χ4v) is 10.2. The number of aliphatic hydroxyl groups excluding tert-OH is 2. The first-order valence-corrected chi connectivity index (χ1v) is 8.94. The van der Waals surface area contributed by atoms with Crippen LogP contribution >= 0.6 is 31.9 Å². The van der Waals surface area contributed by atoms with Crippen LogP contribution in [0.15, 0.2) is 17.9 Å². The van der Waals surface area contributed by atoms with Gasteiger partial charge in [0.2, 0.25) is 0 Å². The fraction of sp³-hybridized carbons (Fsp3) is 0.500. The van der Waals surface area contributed by atoms with Gasteiger partial charge in [0.15, 0.2) is 0 Å². The van der Waals surface area contributed by atoms with Crippen LogP contribution in [0.1, 0.15) is 0 Å². The predicted octanol–water partition coefficient (Wildman–Crippen LogP) is 0.850. The van der Waals surface area contributed by atoms with Crippen LogP contribution in [0.4, 0.5) is 0 Å². The Morgan fingerprint density at radius 1 is 1.00 bits per heavy atom. The van der Waals surface area contributed by atoms with Crippen molar-refractivity contribution >= 4 is 45.4 Å². The molecule has 1 spiro atoms. The van der Waals surface area contributed by atoms with Gasteiger partial charge >= 0.3 is 108 Å². The Hall–Kier alpha value is 0.799. The van der Waals surface area contributed by atoms with Crippen molar-refractivity contribution in [3.8, 4) is 0 Å². The minimum absolute atomic E-state index is 0.0929. The van der Waals surface area contributed by atoms with Crippen molar-refractivity contribution in [2.24, 2.45) is 0 Å². The van der Waals surface area contributed by atoms with E-state index in [2.05, 4.69) is 31.9 Å². The predicted molar refractivity (Wildman–Crippen MR) is 63.7 cm³/mol. The van der Waals surface area contributed by atoms with E-state index in [1.165, 1.54) is 0 Å². The van der Waals surface area contributed by atoms with Crippen molar-refractivity contribution in [2.75, 3.05) is 26.4 Å². The second kappa shape index (κ2) is 4.58. The van der Waals surface area contributed by atoms with Gasteiger partial charge < -0.3 is 0 Å². The van der Waals surface area contributed by atoms with Crippen molar-refractivity contribution in [3.05, 3.63) is 17.9 Å². The third-order valence-electron chi connectivity index (χ3n) is 2.24. The Bertz CT molecular complexity index is 319. The summed E-state index contributed by atoms with van der Waals surface area (Å²) in [5.74, 6) is 0. The molecule has 0 aromatic carbocycles.